The van der Waals surface area contributed by atoms with Crippen molar-refractivity contribution in [3.05, 3.63) is 46.3 Å². The molecule has 1 unspecified atom stereocenters. The van der Waals surface area contributed by atoms with Gasteiger partial charge in [0, 0.05) is 6.61 Å². The molecular weight excluding hydrogens is 275 g/mol. The van der Waals surface area contributed by atoms with E-state index in [0.29, 0.717) is 18.6 Å². The van der Waals surface area contributed by atoms with Gasteiger partial charge < -0.3 is 14.8 Å². The van der Waals surface area contributed by atoms with E-state index < -0.39 is 17.3 Å². The fourth-order valence-corrected chi connectivity index (χ4v) is 2.10. The van der Waals surface area contributed by atoms with Crippen LogP contribution in [0.2, 0.25) is 0 Å². The molecule has 1 atom stereocenters. The van der Waals surface area contributed by atoms with Gasteiger partial charge in [-0.05, 0) is 31.0 Å². The average Bonchev–Trinajstić information content (AvgIpc) is 2.46. The van der Waals surface area contributed by atoms with Crippen molar-refractivity contribution in [2.24, 2.45) is 0 Å². The first-order valence-electron chi connectivity index (χ1n) is 6.77. The molecule has 21 heavy (non-hydrogen) atoms. The van der Waals surface area contributed by atoms with Crippen LogP contribution in [0.25, 0.3) is 11.1 Å². The van der Waals surface area contributed by atoms with Gasteiger partial charge in [-0.1, -0.05) is 19.1 Å². The highest BCUT2D eigenvalue weighted by Gasteiger charge is 2.18. The van der Waals surface area contributed by atoms with Gasteiger partial charge in [0.25, 0.3) is 5.56 Å². The van der Waals surface area contributed by atoms with Crippen LogP contribution in [0.3, 0.4) is 0 Å². The van der Waals surface area contributed by atoms with Crippen LogP contribution in [-0.2, 0) is 4.74 Å². The molecule has 2 aromatic rings. The monoisotopic (exact) mass is 292 g/mol. The minimum absolute atomic E-state index is 0.0186. The predicted octanol–water partition coefficient (Wildman–Crippen LogP) is 2.77. The van der Waals surface area contributed by atoms with Crippen LogP contribution in [0.1, 0.15) is 32.2 Å². The highest BCUT2D eigenvalue weighted by Crippen LogP contribution is 2.26. The van der Waals surface area contributed by atoms with E-state index in [1.807, 2.05) is 13.8 Å². The molecule has 2 N–H and O–H groups in total. The van der Waals surface area contributed by atoms with Crippen molar-refractivity contribution >= 4 is 0 Å². The molecule has 0 aliphatic rings. The highest BCUT2D eigenvalue weighted by atomic mass is 19.1. The number of benzene rings is 1. The third-order valence-electron chi connectivity index (χ3n) is 3.10. The Morgan fingerprint density at radius 3 is 2.52 bits per heavy atom. The third-order valence-corrected chi connectivity index (χ3v) is 3.10. The topological polar surface area (TPSA) is 75.2 Å². The maximum atomic E-state index is 12.9. The maximum absolute atomic E-state index is 12.9. The minimum atomic E-state index is -0.484. The van der Waals surface area contributed by atoms with Crippen molar-refractivity contribution < 1.29 is 14.2 Å². The van der Waals surface area contributed by atoms with E-state index in [9.17, 15) is 14.3 Å². The van der Waals surface area contributed by atoms with Gasteiger partial charge in [-0.15, -0.1) is 0 Å². The van der Waals surface area contributed by atoms with Crippen molar-refractivity contribution in [1.82, 2.24) is 9.97 Å². The molecule has 0 amide bonds. The lowest BCUT2D eigenvalue weighted by molar-refractivity contribution is 0.0529. The van der Waals surface area contributed by atoms with Crippen molar-refractivity contribution in [3.8, 4) is 17.0 Å². The van der Waals surface area contributed by atoms with Crippen LogP contribution in [-0.4, -0.2) is 21.7 Å². The first kappa shape index (κ1) is 15.2. The van der Waals surface area contributed by atoms with E-state index in [-0.39, 0.29) is 17.5 Å². The molecular formula is C15H17FN2O3. The van der Waals surface area contributed by atoms with Crippen molar-refractivity contribution in [1.29, 1.82) is 0 Å². The number of aromatic amines is 1. The molecule has 1 heterocycles. The number of nitrogens with one attached hydrogen (secondary N) is 1. The Balaban J connectivity index is 2.46. The molecule has 0 aliphatic heterocycles. The van der Waals surface area contributed by atoms with Gasteiger partial charge in [0.1, 0.15) is 23.3 Å². The number of rotatable bonds is 5. The summed E-state index contributed by atoms with van der Waals surface area (Å²) >= 11 is 0. The predicted molar refractivity (Wildman–Crippen MR) is 76.6 cm³/mol. The van der Waals surface area contributed by atoms with Gasteiger partial charge in [-0.3, -0.25) is 4.79 Å². The maximum Gasteiger partial charge on any atom is 0.262 e. The number of H-pyrrole nitrogens is 1. The van der Waals surface area contributed by atoms with E-state index >= 15 is 0 Å². The zero-order valence-electron chi connectivity index (χ0n) is 11.9. The SMILES string of the molecule is CCOC(CC)c1nc(O)c(-c2ccc(F)cc2)c(=O)[nH]1. The van der Waals surface area contributed by atoms with E-state index in [1.165, 1.54) is 24.3 Å². The number of ether oxygens (including phenoxy) is 1. The Morgan fingerprint density at radius 2 is 2.00 bits per heavy atom. The first-order chi connectivity index (χ1) is 10.1. The average molecular weight is 292 g/mol. The zero-order valence-corrected chi connectivity index (χ0v) is 11.9. The van der Waals surface area contributed by atoms with Crippen molar-refractivity contribution in [2.75, 3.05) is 6.61 Å². The third kappa shape index (κ3) is 3.28. The summed E-state index contributed by atoms with van der Waals surface area (Å²) in [6, 6.07) is 5.27. The molecule has 1 aromatic carbocycles. The standard InChI is InChI=1S/C15H17FN2O3/c1-3-11(21-4-2)13-17-14(19)12(15(20)18-13)9-5-7-10(16)8-6-9/h5-8,11H,3-4H2,1-2H3,(H2,17,18,19,20). The lowest BCUT2D eigenvalue weighted by atomic mass is 10.1. The molecule has 0 saturated carbocycles. The second-order valence-corrected chi connectivity index (χ2v) is 4.51. The van der Waals surface area contributed by atoms with E-state index in [4.69, 9.17) is 4.74 Å². The Labute approximate surface area is 121 Å². The smallest absolute Gasteiger partial charge is 0.262 e. The number of hydrogen-bond donors (Lipinski definition) is 2. The quantitative estimate of drug-likeness (QED) is 0.888. The largest absolute Gasteiger partial charge is 0.493 e. The Morgan fingerprint density at radius 1 is 1.33 bits per heavy atom. The summed E-state index contributed by atoms with van der Waals surface area (Å²) < 4.78 is 18.4. The summed E-state index contributed by atoms with van der Waals surface area (Å²) in [5.41, 5.74) is -0.0639. The van der Waals surface area contributed by atoms with Crippen LogP contribution >= 0.6 is 0 Å². The van der Waals surface area contributed by atoms with Gasteiger partial charge in [0.05, 0.1) is 0 Å². The Kier molecular flexibility index (Phi) is 4.70. The fourth-order valence-electron chi connectivity index (χ4n) is 2.10. The van der Waals surface area contributed by atoms with Gasteiger partial charge in [-0.25, -0.2) is 4.39 Å². The molecule has 0 spiro atoms. The summed E-state index contributed by atoms with van der Waals surface area (Å²) in [5.74, 6) is -0.520. The molecule has 112 valence electrons. The van der Waals surface area contributed by atoms with Crippen LogP contribution in [0.5, 0.6) is 5.88 Å². The van der Waals surface area contributed by atoms with Crippen LogP contribution in [0.4, 0.5) is 4.39 Å². The van der Waals surface area contributed by atoms with E-state index in [2.05, 4.69) is 9.97 Å². The summed E-state index contributed by atoms with van der Waals surface area (Å²) in [6.07, 6.45) is 0.238. The van der Waals surface area contributed by atoms with E-state index in [0.717, 1.165) is 0 Å². The number of hydrogen-bond acceptors (Lipinski definition) is 4. The van der Waals surface area contributed by atoms with Gasteiger partial charge in [0.15, 0.2) is 0 Å². The number of aromatic nitrogens is 2. The van der Waals surface area contributed by atoms with Gasteiger partial charge in [-0.2, -0.15) is 4.98 Å². The van der Waals surface area contributed by atoms with Crippen LogP contribution in [0.15, 0.2) is 29.1 Å². The normalized spacial score (nSPS) is 12.3. The molecule has 0 bridgehead atoms. The Hall–Kier alpha value is -2.21. The highest BCUT2D eigenvalue weighted by molar-refractivity contribution is 5.67. The lowest BCUT2D eigenvalue weighted by Crippen LogP contribution is -2.17. The summed E-state index contributed by atoms with van der Waals surface area (Å²) in [7, 11) is 0. The molecule has 5 nitrogen and oxygen atoms in total. The number of halogens is 1. The fraction of sp³-hybridized carbons (Fsp3) is 0.333. The summed E-state index contributed by atoms with van der Waals surface area (Å²) in [6.45, 7) is 4.21. The van der Waals surface area contributed by atoms with Gasteiger partial charge >= 0.3 is 0 Å². The molecule has 0 aliphatic carbocycles. The second kappa shape index (κ2) is 6.49. The van der Waals surface area contributed by atoms with Crippen LogP contribution in [0, 0.1) is 5.82 Å². The molecule has 0 radical (unpaired) electrons. The minimum Gasteiger partial charge on any atom is -0.493 e. The van der Waals surface area contributed by atoms with Gasteiger partial charge in [0.2, 0.25) is 5.88 Å². The molecule has 1 aromatic heterocycles. The van der Waals surface area contributed by atoms with Crippen LogP contribution < -0.4 is 5.56 Å². The lowest BCUT2D eigenvalue weighted by Gasteiger charge is -2.15. The van der Waals surface area contributed by atoms with Crippen molar-refractivity contribution in [2.45, 2.75) is 26.4 Å². The molecule has 0 fully saturated rings. The summed E-state index contributed by atoms with van der Waals surface area (Å²) in [5, 5.41) is 10.0. The first-order valence-corrected chi connectivity index (χ1v) is 6.77. The second-order valence-electron chi connectivity index (χ2n) is 4.51. The Bertz CT molecular complexity index is 668. The van der Waals surface area contributed by atoms with Crippen molar-refractivity contribution in [3.63, 3.8) is 0 Å². The van der Waals surface area contributed by atoms with E-state index in [1.54, 1.807) is 0 Å². The number of aromatic hydroxyl groups is 1. The molecule has 6 heteroatoms. The summed E-state index contributed by atoms with van der Waals surface area (Å²) in [4.78, 5) is 18.8. The molecule has 0 saturated heterocycles. The number of nitrogens with zero attached hydrogens (tertiary/aromatic N) is 1. The molecule has 2 rings (SSSR count). The zero-order chi connectivity index (χ0) is 15.4.